The van der Waals surface area contributed by atoms with Crippen molar-refractivity contribution in [3.05, 3.63) is 52.4 Å². The molecule has 27 heavy (non-hydrogen) atoms. The van der Waals surface area contributed by atoms with E-state index in [-0.39, 0.29) is 17.2 Å². The minimum atomic E-state index is -0.393. The van der Waals surface area contributed by atoms with Crippen LogP contribution in [0.5, 0.6) is 0 Å². The van der Waals surface area contributed by atoms with Crippen molar-refractivity contribution in [3.63, 3.8) is 0 Å². The Kier molecular flexibility index (Phi) is 5.24. The fourth-order valence-electron chi connectivity index (χ4n) is 2.28. The first kappa shape index (κ1) is 18.1. The molecule has 0 saturated heterocycles. The molecule has 0 unspecified atom stereocenters. The molecular formula is C17H13ClN4O3S2. The van der Waals surface area contributed by atoms with Crippen LogP contribution in [0.15, 0.2) is 39.2 Å². The first-order valence-corrected chi connectivity index (χ1v) is 10.3. The number of hydrogen-bond donors (Lipinski definition) is 1. The summed E-state index contributed by atoms with van der Waals surface area (Å²) in [6.45, 7) is 0. The molecule has 1 saturated carbocycles. The van der Waals surface area contributed by atoms with Gasteiger partial charge in [-0.05, 0) is 37.1 Å². The van der Waals surface area contributed by atoms with E-state index in [1.54, 1.807) is 30.3 Å². The van der Waals surface area contributed by atoms with Crippen LogP contribution in [0, 0.1) is 0 Å². The van der Waals surface area contributed by atoms with E-state index in [1.807, 2.05) is 0 Å². The second-order valence-corrected chi connectivity index (χ2v) is 8.57. The first-order chi connectivity index (χ1) is 13.1. The number of benzene rings is 1. The van der Waals surface area contributed by atoms with Crippen LogP contribution in [-0.4, -0.2) is 32.8 Å². The monoisotopic (exact) mass is 420 g/mol. The number of carbonyl (C=O) groups is 2. The number of thioether (sulfide) groups is 1. The van der Waals surface area contributed by atoms with Crippen molar-refractivity contribution >= 4 is 51.5 Å². The maximum absolute atomic E-state index is 12.2. The summed E-state index contributed by atoms with van der Waals surface area (Å²) in [5, 5.41) is 15.3. The van der Waals surface area contributed by atoms with Crippen LogP contribution in [0.2, 0.25) is 5.02 Å². The highest BCUT2D eigenvalue weighted by molar-refractivity contribution is 8.01. The van der Waals surface area contributed by atoms with Crippen LogP contribution in [0.1, 0.15) is 45.4 Å². The van der Waals surface area contributed by atoms with Gasteiger partial charge in [-0.2, -0.15) is 0 Å². The third-order valence-electron chi connectivity index (χ3n) is 3.86. The van der Waals surface area contributed by atoms with Crippen molar-refractivity contribution in [1.29, 1.82) is 0 Å². The quantitative estimate of drug-likeness (QED) is 0.346. The van der Waals surface area contributed by atoms with E-state index in [4.69, 9.17) is 16.1 Å². The van der Waals surface area contributed by atoms with Gasteiger partial charge in [0.15, 0.2) is 15.8 Å². The molecule has 2 heterocycles. The van der Waals surface area contributed by atoms with Gasteiger partial charge in [0.05, 0.1) is 5.75 Å². The van der Waals surface area contributed by atoms with E-state index in [0.29, 0.717) is 26.0 Å². The van der Waals surface area contributed by atoms with E-state index < -0.39 is 5.91 Å². The number of nitrogens with zero attached hydrogens (tertiary/aromatic N) is 3. The molecule has 0 atom stereocenters. The molecule has 0 spiro atoms. The Morgan fingerprint density at radius 2 is 2.04 bits per heavy atom. The number of hydrogen-bond acceptors (Lipinski definition) is 8. The molecule has 7 nitrogen and oxygen atoms in total. The van der Waals surface area contributed by atoms with E-state index in [0.717, 1.165) is 18.6 Å². The van der Waals surface area contributed by atoms with E-state index >= 15 is 0 Å². The molecule has 138 valence electrons. The van der Waals surface area contributed by atoms with Gasteiger partial charge in [0.1, 0.15) is 5.76 Å². The summed E-state index contributed by atoms with van der Waals surface area (Å²) < 4.78 is 5.76. The van der Waals surface area contributed by atoms with Gasteiger partial charge >= 0.3 is 0 Å². The molecule has 0 aliphatic heterocycles. The standard InChI is InChI=1S/C17H13ClN4O3S2/c18-11-5-3-9(4-6-11)13(23)8-26-17-21-20-16(27-17)19-15(24)12-7-14(25-22-12)10-1-2-10/h3-7,10H,1-2,8H2,(H,19,20,24). The smallest absolute Gasteiger partial charge is 0.279 e. The van der Waals surface area contributed by atoms with Crippen molar-refractivity contribution in [1.82, 2.24) is 15.4 Å². The van der Waals surface area contributed by atoms with Gasteiger partial charge in [-0.1, -0.05) is 39.9 Å². The molecule has 1 amide bonds. The summed E-state index contributed by atoms with van der Waals surface area (Å²) in [6.07, 6.45) is 2.14. The highest BCUT2D eigenvalue weighted by atomic mass is 35.5. The number of nitrogens with one attached hydrogen (secondary N) is 1. The highest BCUT2D eigenvalue weighted by Gasteiger charge is 2.29. The third-order valence-corrected chi connectivity index (χ3v) is 6.08. The van der Waals surface area contributed by atoms with E-state index in [9.17, 15) is 9.59 Å². The molecule has 2 aromatic heterocycles. The summed E-state index contributed by atoms with van der Waals surface area (Å²) in [5.41, 5.74) is 0.807. The third kappa shape index (κ3) is 4.55. The van der Waals surface area contributed by atoms with Crippen LogP contribution in [-0.2, 0) is 0 Å². The number of Topliss-reactive ketones (excluding diaryl/α,β-unsaturated/α-hetero) is 1. The van der Waals surface area contributed by atoms with Gasteiger partial charge in [-0.3, -0.25) is 14.9 Å². The molecule has 4 rings (SSSR count). The summed E-state index contributed by atoms with van der Waals surface area (Å²) in [5.74, 6) is 0.928. The van der Waals surface area contributed by atoms with Crippen molar-refractivity contribution in [2.24, 2.45) is 0 Å². The fourth-order valence-corrected chi connectivity index (χ4v) is 4.05. The largest absolute Gasteiger partial charge is 0.360 e. The molecule has 10 heteroatoms. The van der Waals surface area contributed by atoms with Crippen LogP contribution >= 0.6 is 34.7 Å². The minimum absolute atomic E-state index is 0.0346. The lowest BCUT2D eigenvalue weighted by molar-refractivity contribution is 0.101. The Morgan fingerprint density at radius 3 is 2.78 bits per heavy atom. The summed E-state index contributed by atoms with van der Waals surface area (Å²) in [6, 6.07) is 8.39. The lowest BCUT2D eigenvalue weighted by Crippen LogP contribution is -2.11. The first-order valence-electron chi connectivity index (χ1n) is 8.11. The topological polar surface area (TPSA) is 98.0 Å². The molecule has 3 aromatic rings. The molecule has 1 aliphatic carbocycles. The van der Waals surface area contributed by atoms with E-state index in [1.165, 1.54) is 23.1 Å². The number of carbonyl (C=O) groups excluding carboxylic acids is 2. The lowest BCUT2D eigenvalue weighted by Gasteiger charge is -1.99. The Hall–Kier alpha value is -2.23. The molecule has 0 bridgehead atoms. The van der Waals surface area contributed by atoms with Crippen molar-refractivity contribution < 1.29 is 14.1 Å². The number of anilines is 1. The Balaban J connectivity index is 1.31. The molecule has 0 radical (unpaired) electrons. The average Bonchev–Trinajstić information content (AvgIpc) is 3.22. The molecule has 1 N–H and O–H groups in total. The predicted octanol–water partition coefficient (Wildman–Crippen LogP) is 4.28. The average molecular weight is 421 g/mol. The number of ketones is 1. The van der Waals surface area contributed by atoms with Crippen LogP contribution < -0.4 is 5.32 Å². The minimum Gasteiger partial charge on any atom is -0.360 e. The predicted molar refractivity (Wildman–Crippen MR) is 103 cm³/mol. The van der Waals surface area contributed by atoms with Gasteiger partial charge in [-0.25, -0.2) is 0 Å². The zero-order valence-corrected chi connectivity index (χ0v) is 16.2. The highest BCUT2D eigenvalue weighted by Crippen LogP contribution is 2.40. The molecule has 1 fully saturated rings. The lowest BCUT2D eigenvalue weighted by atomic mass is 10.1. The maximum Gasteiger partial charge on any atom is 0.279 e. The zero-order valence-electron chi connectivity index (χ0n) is 13.8. The molecular weight excluding hydrogens is 408 g/mol. The maximum atomic E-state index is 12.2. The Bertz CT molecular complexity index is 982. The summed E-state index contributed by atoms with van der Waals surface area (Å²) in [7, 11) is 0. The number of amides is 1. The second kappa shape index (κ2) is 7.79. The normalized spacial score (nSPS) is 13.5. The van der Waals surface area contributed by atoms with Crippen LogP contribution in [0.25, 0.3) is 0 Å². The van der Waals surface area contributed by atoms with Gasteiger partial charge in [0, 0.05) is 22.6 Å². The van der Waals surface area contributed by atoms with Gasteiger partial charge < -0.3 is 4.52 Å². The van der Waals surface area contributed by atoms with Crippen LogP contribution in [0.4, 0.5) is 5.13 Å². The van der Waals surface area contributed by atoms with Gasteiger partial charge in [0.25, 0.3) is 5.91 Å². The van der Waals surface area contributed by atoms with Crippen LogP contribution in [0.3, 0.4) is 0 Å². The Morgan fingerprint density at radius 1 is 1.26 bits per heavy atom. The van der Waals surface area contributed by atoms with Crippen molar-refractivity contribution in [2.75, 3.05) is 11.1 Å². The van der Waals surface area contributed by atoms with E-state index in [2.05, 4.69) is 20.7 Å². The van der Waals surface area contributed by atoms with Gasteiger partial charge in [-0.15, -0.1) is 10.2 Å². The second-order valence-electron chi connectivity index (χ2n) is 5.93. The number of halogens is 1. The summed E-state index contributed by atoms with van der Waals surface area (Å²) >= 11 is 8.28. The van der Waals surface area contributed by atoms with Crippen molar-refractivity contribution in [3.8, 4) is 0 Å². The fraction of sp³-hybridized carbons (Fsp3) is 0.235. The molecule has 1 aliphatic rings. The molecule has 1 aromatic carbocycles. The van der Waals surface area contributed by atoms with Gasteiger partial charge in [0.2, 0.25) is 5.13 Å². The Labute approximate surface area is 167 Å². The zero-order chi connectivity index (χ0) is 18.8. The summed E-state index contributed by atoms with van der Waals surface area (Å²) in [4.78, 5) is 24.4. The number of aromatic nitrogens is 3. The van der Waals surface area contributed by atoms with Crippen molar-refractivity contribution in [2.45, 2.75) is 23.1 Å². The number of rotatable bonds is 7. The SMILES string of the molecule is O=C(CSc1nnc(NC(=O)c2cc(C3CC3)on2)s1)c1ccc(Cl)cc1.